The second-order valence-electron chi connectivity index (χ2n) is 10.3. The maximum absolute atomic E-state index is 13.5. The summed E-state index contributed by atoms with van der Waals surface area (Å²) in [4.78, 5) is 44.7. The smallest absolute Gasteiger partial charge is 0.249 e. The first-order valence-corrected chi connectivity index (χ1v) is 10.00. The second kappa shape index (κ2) is 4.50. The molecule has 3 amide bonds. The van der Waals surface area contributed by atoms with Crippen molar-refractivity contribution in [3.63, 3.8) is 0 Å². The number of carbonyl (C=O) groups excluding carboxylic acids is 3. The Morgan fingerprint density at radius 3 is 2.33 bits per heavy atom. The van der Waals surface area contributed by atoms with Crippen molar-refractivity contribution < 1.29 is 19.5 Å². The molecule has 1 N–H and O–H groups in total. The lowest BCUT2D eigenvalue weighted by Gasteiger charge is -2.64. The van der Waals surface area contributed by atoms with E-state index < -0.39 is 22.7 Å². The molecule has 5 saturated heterocycles. The third-order valence-corrected chi connectivity index (χ3v) is 9.44. The lowest BCUT2D eigenvalue weighted by atomic mass is 9.57. The van der Waals surface area contributed by atoms with Crippen LogP contribution < -0.4 is 0 Å². The summed E-state index contributed by atoms with van der Waals surface area (Å²) in [6.45, 7) is 6.80. The number of amides is 3. The van der Waals surface area contributed by atoms with Gasteiger partial charge in [-0.15, -0.1) is 0 Å². The monoisotopic (exact) mass is 375 g/mol. The molecule has 7 heteroatoms. The summed E-state index contributed by atoms with van der Waals surface area (Å²) in [5, 5.41) is 10.4. The summed E-state index contributed by atoms with van der Waals surface area (Å²) < 4.78 is 0. The van der Waals surface area contributed by atoms with Gasteiger partial charge >= 0.3 is 0 Å². The predicted molar refractivity (Wildman–Crippen MR) is 96.1 cm³/mol. The molecule has 1 saturated carbocycles. The van der Waals surface area contributed by atoms with Crippen LogP contribution in [-0.4, -0.2) is 75.5 Å². The largest absolute Gasteiger partial charge is 0.373 e. The van der Waals surface area contributed by atoms with Crippen LogP contribution in [0.5, 0.6) is 0 Å². The Morgan fingerprint density at radius 2 is 1.74 bits per heavy atom. The average Bonchev–Trinajstić information content (AvgIpc) is 3.07. The highest BCUT2D eigenvalue weighted by Gasteiger charge is 2.80. The van der Waals surface area contributed by atoms with Crippen LogP contribution in [0.1, 0.15) is 46.5 Å². The number of piperidine rings is 2. The third-order valence-electron chi connectivity index (χ3n) is 9.44. The quantitative estimate of drug-likeness (QED) is 0.665. The van der Waals surface area contributed by atoms with Gasteiger partial charge in [-0.05, 0) is 30.1 Å². The highest BCUT2D eigenvalue weighted by atomic mass is 16.3. The Hall–Kier alpha value is -1.63. The lowest BCUT2D eigenvalue weighted by molar-refractivity contribution is -0.192. The van der Waals surface area contributed by atoms with E-state index in [1.165, 1.54) is 4.90 Å². The number of rotatable bonds is 0. The Kier molecular flexibility index (Phi) is 2.91. The van der Waals surface area contributed by atoms with Crippen LogP contribution >= 0.6 is 0 Å². The molecule has 6 aliphatic rings. The van der Waals surface area contributed by atoms with Crippen molar-refractivity contribution >= 4 is 17.7 Å². The van der Waals surface area contributed by atoms with Crippen molar-refractivity contribution in [1.29, 1.82) is 0 Å². The van der Waals surface area contributed by atoms with Crippen LogP contribution in [0.2, 0.25) is 0 Å². The van der Waals surface area contributed by atoms with Crippen LogP contribution in [0, 0.1) is 22.7 Å². The van der Waals surface area contributed by atoms with E-state index in [2.05, 4.69) is 13.8 Å². The normalized spacial score (nSPS) is 50.2. The second-order valence-corrected chi connectivity index (χ2v) is 10.3. The number of hydrogen-bond acceptors (Lipinski definition) is 4. The molecule has 0 unspecified atom stereocenters. The molecule has 6 rings (SSSR count). The van der Waals surface area contributed by atoms with E-state index >= 15 is 0 Å². The fourth-order valence-electron chi connectivity index (χ4n) is 7.71. The minimum absolute atomic E-state index is 0.0156. The minimum Gasteiger partial charge on any atom is -0.373 e. The first-order valence-electron chi connectivity index (χ1n) is 10.00. The topological polar surface area (TPSA) is 81.2 Å². The molecule has 27 heavy (non-hydrogen) atoms. The molecule has 148 valence electrons. The predicted octanol–water partition coefficient (Wildman–Crippen LogP) is 0.421. The third kappa shape index (κ3) is 1.49. The Balaban J connectivity index is 1.70. The summed E-state index contributed by atoms with van der Waals surface area (Å²) >= 11 is 0. The van der Waals surface area contributed by atoms with E-state index in [-0.39, 0.29) is 35.0 Å². The maximum Gasteiger partial charge on any atom is 0.249 e. The number of carbonyl (C=O) groups is 3. The van der Waals surface area contributed by atoms with Crippen LogP contribution in [0.4, 0.5) is 0 Å². The first-order chi connectivity index (χ1) is 12.5. The van der Waals surface area contributed by atoms with Gasteiger partial charge in [-0.1, -0.05) is 20.8 Å². The maximum atomic E-state index is 13.5. The molecular formula is C20H29N3O4. The average molecular weight is 375 g/mol. The number of likely N-dealkylation sites (N-methyl/N-ethyl adjacent to an activating group) is 1. The molecule has 5 aliphatic heterocycles. The van der Waals surface area contributed by atoms with Gasteiger partial charge in [0, 0.05) is 33.5 Å². The van der Waals surface area contributed by atoms with E-state index in [9.17, 15) is 19.5 Å². The molecule has 7 nitrogen and oxygen atoms in total. The number of aliphatic hydroxyl groups excluding tert-OH is 1. The van der Waals surface area contributed by atoms with Crippen LogP contribution in [0.15, 0.2) is 0 Å². The standard InChI is InChI=1S/C20H29N3O4/c1-11-6-13(24)23-10-19-9-18(8-14(25)21(4)15(18)26)17(2,3)12(19)7-20(11,23)16(27)22(19)5/h11-12,14,25H,6-10H2,1-5H3/t11-,12+,14+,18-,19+,20+/m0/s1. The van der Waals surface area contributed by atoms with Crippen molar-refractivity contribution in [3.8, 4) is 0 Å². The fraction of sp³-hybridized carbons (Fsp3) is 0.850. The number of hydrogen-bond donors (Lipinski definition) is 1. The molecule has 0 aromatic carbocycles. The van der Waals surface area contributed by atoms with Crippen LogP contribution in [-0.2, 0) is 14.4 Å². The molecule has 6 fully saturated rings. The van der Waals surface area contributed by atoms with Gasteiger partial charge in [-0.25, -0.2) is 0 Å². The molecule has 1 aliphatic carbocycles. The molecule has 0 aromatic rings. The number of fused-ring (bicyclic) bond motifs is 1. The zero-order chi connectivity index (χ0) is 19.7. The molecule has 0 radical (unpaired) electrons. The lowest BCUT2D eigenvalue weighted by Crippen LogP contribution is -2.80. The molecule has 0 aromatic heterocycles. The van der Waals surface area contributed by atoms with E-state index in [0.29, 0.717) is 32.2 Å². The van der Waals surface area contributed by atoms with Crippen LogP contribution in [0.25, 0.3) is 0 Å². The van der Waals surface area contributed by atoms with Crippen molar-refractivity contribution in [2.75, 3.05) is 20.6 Å². The highest BCUT2D eigenvalue weighted by molar-refractivity contribution is 5.98. The first kappa shape index (κ1) is 17.5. The van der Waals surface area contributed by atoms with Crippen molar-refractivity contribution in [2.45, 2.75) is 63.8 Å². The number of likely N-dealkylation sites (tertiary alicyclic amines) is 1. The summed E-state index contributed by atoms with van der Waals surface area (Å²) in [5.74, 6) is 0.189. The number of piperazine rings is 1. The van der Waals surface area contributed by atoms with Gasteiger partial charge in [0.15, 0.2) is 0 Å². The van der Waals surface area contributed by atoms with E-state index in [0.717, 1.165) is 0 Å². The number of nitrogens with zero attached hydrogens (tertiary/aromatic N) is 3. The molecule has 3 spiro atoms. The van der Waals surface area contributed by atoms with Crippen molar-refractivity contribution in [2.24, 2.45) is 22.7 Å². The van der Waals surface area contributed by atoms with E-state index in [1.807, 2.05) is 23.8 Å². The highest BCUT2D eigenvalue weighted by Crippen LogP contribution is 2.72. The minimum atomic E-state index is -0.787. The van der Waals surface area contributed by atoms with Gasteiger partial charge in [-0.2, -0.15) is 0 Å². The Bertz CT molecular complexity index is 796. The Morgan fingerprint density at radius 1 is 1.07 bits per heavy atom. The van der Waals surface area contributed by atoms with Gasteiger partial charge in [-0.3, -0.25) is 14.4 Å². The van der Waals surface area contributed by atoms with Crippen LogP contribution in [0.3, 0.4) is 0 Å². The molecule has 2 bridgehead atoms. The molecule has 6 atom stereocenters. The van der Waals surface area contributed by atoms with Gasteiger partial charge in [0.05, 0.1) is 11.0 Å². The molecule has 5 heterocycles. The molecular weight excluding hydrogens is 346 g/mol. The zero-order valence-corrected chi connectivity index (χ0v) is 16.8. The van der Waals surface area contributed by atoms with Crippen molar-refractivity contribution in [1.82, 2.24) is 14.7 Å². The summed E-state index contributed by atoms with van der Waals surface area (Å²) in [5.41, 5.74) is -2.34. The van der Waals surface area contributed by atoms with Gasteiger partial charge in [0.1, 0.15) is 11.8 Å². The fourth-order valence-corrected chi connectivity index (χ4v) is 7.71. The van der Waals surface area contributed by atoms with Gasteiger partial charge in [0.25, 0.3) is 0 Å². The van der Waals surface area contributed by atoms with Gasteiger partial charge in [0.2, 0.25) is 17.7 Å². The van der Waals surface area contributed by atoms with Gasteiger partial charge < -0.3 is 19.8 Å². The Labute approximate surface area is 159 Å². The zero-order valence-electron chi connectivity index (χ0n) is 16.8. The SMILES string of the molecule is C[C@H]1CC(=O)N2C[C@]34C[C@]5(C[C@@H](O)N(C)C5=O)C(C)(C)[C@H]3C[C@]12C(=O)N4C. The van der Waals surface area contributed by atoms with Crippen molar-refractivity contribution in [3.05, 3.63) is 0 Å². The summed E-state index contributed by atoms with van der Waals surface area (Å²) in [6.07, 6.45) is 1.18. The summed E-state index contributed by atoms with van der Waals surface area (Å²) in [6, 6.07) is 0. The van der Waals surface area contributed by atoms with E-state index in [1.54, 1.807) is 7.05 Å². The summed E-state index contributed by atoms with van der Waals surface area (Å²) in [7, 11) is 3.52. The number of aliphatic hydroxyl groups is 1. The van der Waals surface area contributed by atoms with E-state index in [4.69, 9.17) is 0 Å².